The molecule has 1 N–H and O–H groups in total. The number of hydrogen-bond acceptors (Lipinski definition) is 5. The molecule has 0 aliphatic heterocycles. The molecule has 0 aliphatic rings. The van der Waals surface area contributed by atoms with Crippen LogP contribution in [-0.2, 0) is 14.3 Å². The summed E-state index contributed by atoms with van der Waals surface area (Å²) in [5.41, 5.74) is 0.383. The molecule has 0 aromatic heterocycles. The molecule has 0 saturated heterocycles. The van der Waals surface area contributed by atoms with Crippen LogP contribution in [0.15, 0.2) is 30.3 Å². The first kappa shape index (κ1) is 13.2. The molecule has 0 spiro atoms. The van der Waals surface area contributed by atoms with Gasteiger partial charge in [-0.15, -0.1) is 0 Å². The van der Waals surface area contributed by atoms with Crippen LogP contribution in [0.2, 0.25) is 0 Å². The van der Waals surface area contributed by atoms with Gasteiger partial charge in [0.15, 0.2) is 6.10 Å². The second kappa shape index (κ2) is 6.65. The Bertz CT molecular complexity index is 374. The van der Waals surface area contributed by atoms with Gasteiger partial charge >= 0.3 is 11.9 Å². The molecule has 1 aromatic rings. The first-order chi connectivity index (χ1) is 8.13. The lowest BCUT2D eigenvalue weighted by atomic mass is 10.2. The highest BCUT2D eigenvalue weighted by molar-refractivity contribution is 5.89. The summed E-state index contributed by atoms with van der Waals surface area (Å²) >= 11 is 0. The van der Waals surface area contributed by atoms with Gasteiger partial charge < -0.3 is 14.6 Å². The van der Waals surface area contributed by atoms with Crippen LogP contribution in [0, 0.1) is 0 Å². The fraction of sp³-hybridized carbons (Fsp3) is 0.333. The number of carbonyl (C=O) groups excluding carboxylic acids is 2. The Morgan fingerprint density at radius 3 is 2.47 bits per heavy atom. The Morgan fingerprint density at radius 1 is 1.29 bits per heavy atom. The number of rotatable bonds is 5. The maximum atomic E-state index is 11.6. The van der Waals surface area contributed by atoms with Crippen molar-refractivity contribution in [2.24, 2.45) is 0 Å². The van der Waals surface area contributed by atoms with Crippen LogP contribution >= 0.6 is 0 Å². The molecule has 1 aromatic carbocycles. The van der Waals surface area contributed by atoms with Gasteiger partial charge in [0.2, 0.25) is 0 Å². The van der Waals surface area contributed by atoms with E-state index in [0.717, 1.165) is 0 Å². The van der Waals surface area contributed by atoms with E-state index in [1.165, 1.54) is 6.92 Å². The summed E-state index contributed by atoms with van der Waals surface area (Å²) in [5.74, 6) is -1.05. The maximum Gasteiger partial charge on any atom is 0.338 e. The molecule has 1 rings (SSSR count). The molecule has 0 saturated carbocycles. The Balaban J connectivity index is 2.51. The van der Waals surface area contributed by atoms with Crippen LogP contribution in [-0.4, -0.2) is 36.4 Å². The first-order valence-electron chi connectivity index (χ1n) is 5.13. The average molecular weight is 238 g/mol. The molecule has 0 radical (unpaired) electrons. The van der Waals surface area contributed by atoms with Gasteiger partial charge in [0.05, 0.1) is 12.2 Å². The summed E-state index contributed by atoms with van der Waals surface area (Å²) in [7, 11) is 0. The zero-order valence-corrected chi connectivity index (χ0v) is 9.46. The average Bonchev–Trinajstić information content (AvgIpc) is 2.35. The molecule has 0 aliphatic carbocycles. The Hall–Kier alpha value is -1.88. The van der Waals surface area contributed by atoms with Gasteiger partial charge in [-0.05, 0) is 12.1 Å². The standard InChI is InChI=1S/C12H14O5/c1-9(14)16-8-11(7-13)17-12(15)10-5-3-2-4-6-10/h2-6,11,13H,7-8H2,1H3/t11-/m0/s1. The molecular weight excluding hydrogens is 224 g/mol. The van der Waals surface area contributed by atoms with Gasteiger partial charge in [-0.1, -0.05) is 18.2 Å². The van der Waals surface area contributed by atoms with E-state index >= 15 is 0 Å². The molecule has 5 heteroatoms. The molecule has 0 bridgehead atoms. The summed E-state index contributed by atoms with van der Waals surface area (Å²) in [6.07, 6.45) is -0.841. The number of aliphatic hydroxyl groups excluding tert-OH is 1. The summed E-state index contributed by atoms with van der Waals surface area (Å²) in [5, 5.41) is 8.97. The highest BCUT2D eigenvalue weighted by Gasteiger charge is 2.16. The molecule has 92 valence electrons. The van der Waals surface area contributed by atoms with Gasteiger partial charge in [-0.2, -0.15) is 0 Å². The Kier molecular flexibility index (Phi) is 5.16. The maximum absolute atomic E-state index is 11.6. The topological polar surface area (TPSA) is 72.8 Å². The number of esters is 2. The van der Waals surface area contributed by atoms with E-state index in [4.69, 9.17) is 9.84 Å². The smallest absolute Gasteiger partial charge is 0.338 e. The molecule has 17 heavy (non-hydrogen) atoms. The predicted molar refractivity (Wildman–Crippen MR) is 59.4 cm³/mol. The molecule has 0 fully saturated rings. The zero-order chi connectivity index (χ0) is 12.7. The van der Waals surface area contributed by atoms with Crippen molar-refractivity contribution >= 4 is 11.9 Å². The normalized spacial score (nSPS) is 11.6. The summed E-state index contributed by atoms with van der Waals surface area (Å²) in [6.45, 7) is 0.698. The second-order valence-electron chi connectivity index (χ2n) is 3.38. The predicted octanol–water partition coefficient (Wildman–Crippen LogP) is 0.767. The molecule has 1 atom stereocenters. The van der Waals surface area contributed by atoms with E-state index in [9.17, 15) is 9.59 Å². The second-order valence-corrected chi connectivity index (χ2v) is 3.38. The third-order valence-corrected chi connectivity index (χ3v) is 1.96. The van der Waals surface area contributed by atoms with Crippen LogP contribution in [0.5, 0.6) is 0 Å². The van der Waals surface area contributed by atoms with Crippen molar-refractivity contribution in [2.75, 3.05) is 13.2 Å². The minimum atomic E-state index is -0.841. The van der Waals surface area contributed by atoms with Gasteiger partial charge in [0, 0.05) is 6.92 Å². The largest absolute Gasteiger partial charge is 0.462 e. The van der Waals surface area contributed by atoms with Crippen molar-refractivity contribution in [1.29, 1.82) is 0 Å². The van der Waals surface area contributed by atoms with E-state index in [1.807, 2.05) is 0 Å². The first-order valence-corrected chi connectivity index (χ1v) is 5.13. The molecule has 0 amide bonds. The lowest BCUT2D eigenvalue weighted by Crippen LogP contribution is -2.28. The zero-order valence-electron chi connectivity index (χ0n) is 9.46. The fourth-order valence-corrected chi connectivity index (χ4v) is 1.13. The summed E-state index contributed by atoms with van der Waals surface area (Å²) < 4.78 is 9.63. The van der Waals surface area contributed by atoms with Crippen molar-refractivity contribution in [1.82, 2.24) is 0 Å². The number of ether oxygens (including phenoxy) is 2. The van der Waals surface area contributed by atoms with E-state index in [2.05, 4.69) is 4.74 Å². The van der Waals surface area contributed by atoms with E-state index in [-0.39, 0.29) is 6.61 Å². The molecular formula is C12H14O5. The van der Waals surface area contributed by atoms with Crippen molar-refractivity contribution < 1.29 is 24.2 Å². The van der Waals surface area contributed by atoms with Gasteiger partial charge in [0.1, 0.15) is 6.61 Å². The highest BCUT2D eigenvalue weighted by atomic mass is 16.6. The molecule has 0 unspecified atom stereocenters. The van der Waals surface area contributed by atoms with E-state index < -0.39 is 24.6 Å². The Morgan fingerprint density at radius 2 is 1.94 bits per heavy atom. The number of carbonyl (C=O) groups is 2. The number of hydrogen-bond donors (Lipinski definition) is 1. The molecule has 0 heterocycles. The lowest BCUT2D eigenvalue weighted by Gasteiger charge is -2.14. The fourth-order valence-electron chi connectivity index (χ4n) is 1.13. The van der Waals surface area contributed by atoms with Crippen LogP contribution in [0.25, 0.3) is 0 Å². The highest BCUT2D eigenvalue weighted by Crippen LogP contribution is 2.04. The Labute approximate surface area is 99.0 Å². The van der Waals surface area contributed by atoms with E-state index in [0.29, 0.717) is 5.56 Å². The van der Waals surface area contributed by atoms with Gasteiger partial charge in [-0.3, -0.25) is 4.79 Å². The van der Waals surface area contributed by atoms with Crippen molar-refractivity contribution in [3.05, 3.63) is 35.9 Å². The van der Waals surface area contributed by atoms with Crippen molar-refractivity contribution in [2.45, 2.75) is 13.0 Å². The van der Waals surface area contributed by atoms with Crippen LogP contribution in [0.1, 0.15) is 17.3 Å². The number of benzene rings is 1. The van der Waals surface area contributed by atoms with Crippen molar-refractivity contribution in [3.8, 4) is 0 Å². The van der Waals surface area contributed by atoms with Crippen LogP contribution < -0.4 is 0 Å². The van der Waals surface area contributed by atoms with E-state index in [1.54, 1.807) is 30.3 Å². The SMILES string of the molecule is CC(=O)OC[C@H](CO)OC(=O)c1ccccc1. The van der Waals surface area contributed by atoms with Crippen LogP contribution in [0.3, 0.4) is 0 Å². The monoisotopic (exact) mass is 238 g/mol. The lowest BCUT2D eigenvalue weighted by molar-refractivity contribution is -0.144. The third kappa shape index (κ3) is 4.65. The van der Waals surface area contributed by atoms with Gasteiger partial charge in [0.25, 0.3) is 0 Å². The third-order valence-electron chi connectivity index (χ3n) is 1.96. The number of aliphatic hydroxyl groups is 1. The van der Waals surface area contributed by atoms with Gasteiger partial charge in [-0.25, -0.2) is 4.79 Å². The van der Waals surface area contributed by atoms with Crippen LogP contribution in [0.4, 0.5) is 0 Å². The quantitative estimate of drug-likeness (QED) is 0.767. The molecule has 5 nitrogen and oxygen atoms in total. The van der Waals surface area contributed by atoms with Crippen molar-refractivity contribution in [3.63, 3.8) is 0 Å². The minimum absolute atomic E-state index is 0.148. The summed E-state index contributed by atoms with van der Waals surface area (Å²) in [6, 6.07) is 8.39. The summed E-state index contributed by atoms with van der Waals surface area (Å²) in [4.78, 5) is 22.2. The minimum Gasteiger partial charge on any atom is -0.462 e.